The van der Waals surface area contributed by atoms with Gasteiger partial charge >= 0.3 is 0 Å². The van der Waals surface area contributed by atoms with E-state index in [9.17, 15) is 4.79 Å². The number of ketones is 1. The minimum atomic E-state index is 0.150. The Morgan fingerprint density at radius 2 is 2.05 bits per heavy atom. The van der Waals surface area contributed by atoms with E-state index in [4.69, 9.17) is 9.47 Å². The number of aromatic nitrogens is 1. The van der Waals surface area contributed by atoms with Crippen LogP contribution in [0.4, 0.5) is 0 Å². The van der Waals surface area contributed by atoms with Gasteiger partial charge in [0.1, 0.15) is 5.75 Å². The molecule has 0 saturated carbocycles. The molecule has 0 amide bonds. The highest BCUT2D eigenvalue weighted by atomic mass is 16.5. The fourth-order valence-corrected chi connectivity index (χ4v) is 2.27. The average molecular weight is 269 g/mol. The van der Waals surface area contributed by atoms with Crippen LogP contribution in [0.2, 0.25) is 0 Å². The molecule has 0 radical (unpaired) electrons. The number of rotatable bonds is 2. The van der Waals surface area contributed by atoms with E-state index in [1.807, 2.05) is 30.3 Å². The summed E-state index contributed by atoms with van der Waals surface area (Å²) >= 11 is 0. The fourth-order valence-electron chi connectivity index (χ4n) is 2.27. The molecule has 2 heterocycles. The lowest BCUT2D eigenvalue weighted by Gasteiger charge is -2.09. The van der Waals surface area contributed by atoms with Gasteiger partial charge in [0.25, 0.3) is 0 Å². The number of pyridine rings is 1. The third-order valence-corrected chi connectivity index (χ3v) is 3.37. The quantitative estimate of drug-likeness (QED) is 0.840. The smallest absolute Gasteiger partial charge is 0.212 e. The lowest BCUT2D eigenvalue weighted by Crippen LogP contribution is -1.97. The predicted octanol–water partition coefficient (Wildman–Crippen LogP) is 3.11. The molecule has 3 rings (SSSR count). The number of benzene rings is 1. The van der Waals surface area contributed by atoms with Crippen molar-refractivity contribution in [3.63, 3.8) is 0 Å². The van der Waals surface area contributed by atoms with Gasteiger partial charge < -0.3 is 9.47 Å². The normalized spacial score (nSPS) is 14.2. The van der Waals surface area contributed by atoms with Crippen molar-refractivity contribution in [1.82, 2.24) is 4.98 Å². The Morgan fingerprint density at radius 3 is 2.80 bits per heavy atom. The fraction of sp³-hybridized carbons (Fsp3) is 0.250. The van der Waals surface area contributed by atoms with Gasteiger partial charge in [0.15, 0.2) is 5.78 Å². The molecule has 20 heavy (non-hydrogen) atoms. The van der Waals surface area contributed by atoms with Crippen LogP contribution in [0, 0.1) is 0 Å². The van der Waals surface area contributed by atoms with Crippen molar-refractivity contribution in [3.05, 3.63) is 42.1 Å². The van der Waals surface area contributed by atoms with Gasteiger partial charge in [-0.1, -0.05) is 6.07 Å². The summed E-state index contributed by atoms with van der Waals surface area (Å²) in [6.07, 6.45) is 3.07. The summed E-state index contributed by atoms with van der Waals surface area (Å²) in [7, 11) is 1.59. The van der Waals surface area contributed by atoms with Crippen LogP contribution >= 0.6 is 0 Å². The molecule has 0 spiro atoms. The lowest BCUT2D eigenvalue weighted by molar-refractivity contribution is 0.0983. The van der Waals surface area contributed by atoms with Gasteiger partial charge in [-0.3, -0.25) is 4.79 Å². The van der Waals surface area contributed by atoms with Crippen LogP contribution in [-0.2, 0) is 0 Å². The van der Waals surface area contributed by atoms with E-state index in [-0.39, 0.29) is 5.78 Å². The zero-order valence-electron chi connectivity index (χ0n) is 11.3. The lowest BCUT2D eigenvalue weighted by atomic mass is 10.0. The molecule has 1 aliphatic rings. The van der Waals surface area contributed by atoms with Crippen molar-refractivity contribution in [2.75, 3.05) is 13.7 Å². The first-order valence-corrected chi connectivity index (χ1v) is 6.58. The van der Waals surface area contributed by atoms with E-state index in [1.165, 1.54) is 0 Å². The summed E-state index contributed by atoms with van der Waals surface area (Å²) in [4.78, 5) is 16.1. The van der Waals surface area contributed by atoms with Gasteiger partial charge in [-0.2, -0.15) is 0 Å². The molecule has 4 nitrogen and oxygen atoms in total. The van der Waals surface area contributed by atoms with Crippen molar-refractivity contribution in [2.24, 2.45) is 0 Å². The van der Waals surface area contributed by atoms with Gasteiger partial charge in [0.05, 0.1) is 19.3 Å². The minimum absolute atomic E-state index is 0.150. The number of carbonyl (C=O) groups excluding carboxylic acids is 1. The second-order valence-corrected chi connectivity index (χ2v) is 4.68. The number of fused-ring (bicyclic) bond motifs is 1. The SMILES string of the molecule is COc1ccc(-c2ccc3c(c2)OCCCC3=O)cn1. The molecule has 0 unspecified atom stereocenters. The first kappa shape index (κ1) is 12.7. The molecule has 1 aromatic heterocycles. The third-order valence-electron chi connectivity index (χ3n) is 3.37. The maximum Gasteiger partial charge on any atom is 0.212 e. The molecule has 102 valence electrons. The Kier molecular flexibility index (Phi) is 3.37. The molecule has 4 heteroatoms. The molecule has 1 aromatic carbocycles. The van der Waals surface area contributed by atoms with E-state index in [2.05, 4.69) is 4.98 Å². The highest BCUT2D eigenvalue weighted by Gasteiger charge is 2.17. The van der Waals surface area contributed by atoms with Gasteiger partial charge in [-0.05, 0) is 30.2 Å². The van der Waals surface area contributed by atoms with Crippen LogP contribution in [0.3, 0.4) is 0 Å². The number of Topliss-reactive ketones (excluding diaryl/α,β-unsaturated/α-hetero) is 1. The third kappa shape index (κ3) is 2.37. The molecule has 0 atom stereocenters. The Labute approximate surface area is 117 Å². The van der Waals surface area contributed by atoms with E-state index < -0.39 is 0 Å². The average Bonchev–Trinajstić information content (AvgIpc) is 2.69. The number of methoxy groups -OCH3 is 1. The molecule has 1 aliphatic heterocycles. The maximum atomic E-state index is 11.9. The number of hydrogen-bond donors (Lipinski definition) is 0. The van der Waals surface area contributed by atoms with E-state index in [1.54, 1.807) is 13.3 Å². The summed E-state index contributed by atoms with van der Waals surface area (Å²) in [5.74, 6) is 1.40. The summed E-state index contributed by atoms with van der Waals surface area (Å²) < 4.78 is 10.7. The van der Waals surface area contributed by atoms with Crippen molar-refractivity contribution < 1.29 is 14.3 Å². The summed E-state index contributed by atoms with van der Waals surface area (Å²) in [6, 6.07) is 9.42. The molecule has 0 N–H and O–H groups in total. The van der Waals surface area contributed by atoms with Crippen molar-refractivity contribution in [1.29, 1.82) is 0 Å². The van der Waals surface area contributed by atoms with Gasteiger partial charge in [-0.15, -0.1) is 0 Å². The largest absolute Gasteiger partial charge is 0.493 e. The second kappa shape index (κ2) is 5.33. The van der Waals surface area contributed by atoms with Crippen LogP contribution in [0.5, 0.6) is 11.6 Å². The van der Waals surface area contributed by atoms with Gasteiger partial charge in [-0.25, -0.2) is 4.98 Å². The predicted molar refractivity (Wildman–Crippen MR) is 75.3 cm³/mol. The highest BCUT2D eigenvalue weighted by molar-refractivity contribution is 5.99. The molecular weight excluding hydrogens is 254 g/mol. The Morgan fingerprint density at radius 1 is 1.20 bits per heavy atom. The summed E-state index contributed by atoms with van der Waals surface area (Å²) in [5.41, 5.74) is 2.62. The van der Waals surface area contributed by atoms with Crippen LogP contribution in [0.15, 0.2) is 36.5 Å². The Balaban J connectivity index is 1.98. The molecule has 0 fully saturated rings. The van der Waals surface area contributed by atoms with Crippen LogP contribution in [-0.4, -0.2) is 24.5 Å². The molecule has 0 bridgehead atoms. The number of ether oxygens (including phenoxy) is 2. The van der Waals surface area contributed by atoms with Crippen molar-refractivity contribution in [2.45, 2.75) is 12.8 Å². The summed E-state index contributed by atoms with van der Waals surface area (Å²) in [6.45, 7) is 0.586. The van der Waals surface area contributed by atoms with Gasteiger partial charge in [0.2, 0.25) is 5.88 Å². The molecule has 0 aliphatic carbocycles. The number of hydrogen-bond acceptors (Lipinski definition) is 4. The Bertz CT molecular complexity index is 635. The number of nitrogens with zero attached hydrogens (tertiary/aromatic N) is 1. The molecular formula is C16H15NO3. The standard InChI is InChI=1S/C16H15NO3/c1-19-16-7-5-12(10-17-16)11-4-6-13-14(18)3-2-8-20-15(13)9-11/h4-7,9-10H,2-3,8H2,1H3. The first-order chi connectivity index (χ1) is 9.78. The van der Waals surface area contributed by atoms with Crippen LogP contribution in [0.1, 0.15) is 23.2 Å². The monoisotopic (exact) mass is 269 g/mol. The molecule has 0 saturated heterocycles. The topological polar surface area (TPSA) is 48.4 Å². The molecule has 2 aromatic rings. The minimum Gasteiger partial charge on any atom is -0.493 e. The van der Waals surface area contributed by atoms with E-state index in [0.717, 1.165) is 17.5 Å². The maximum absolute atomic E-state index is 11.9. The van der Waals surface area contributed by atoms with Crippen LogP contribution < -0.4 is 9.47 Å². The zero-order chi connectivity index (χ0) is 13.9. The second-order valence-electron chi connectivity index (χ2n) is 4.68. The zero-order valence-corrected chi connectivity index (χ0v) is 11.3. The number of carbonyl (C=O) groups is 1. The van der Waals surface area contributed by atoms with E-state index >= 15 is 0 Å². The van der Waals surface area contributed by atoms with Gasteiger partial charge in [0, 0.05) is 24.2 Å². The van der Waals surface area contributed by atoms with Crippen LogP contribution in [0.25, 0.3) is 11.1 Å². The summed E-state index contributed by atoms with van der Waals surface area (Å²) in [5, 5.41) is 0. The van der Waals surface area contributed by atoms with E-state index in [0.29, 0.717) is 30.2 Å². The Hall–Kier alpha value is -2.36. The van der Waals surface area contributed by atoms with Crippen molar-refractivity contribution >= 4 is 5.78 Å². The van der Waals surface area contributed by atoms with Crippen molar-refractivity contribution in [3.8, 4) is 22.8 Å². The first-order valence-electron chi connectivity index (χ1n) is 6.58. The highest BCUT2D eigenvalue weighted by Crippen LogP contribution is 2.30.